The van der Waals surface area contributed by atoms with Crippen LogP contribution in [0.15, 0.2) is 17.5 Å². The molecule has 0 radical (unpaired) electrons. The molecule has 14 nitrogen and oxygen atoms in total. The van der Waals surface area contributed by atoms with Crippen molar-refractivity contribution >= 4 is 37.1 Å². The predicted molar refractivity (Wildman–Crippen MR) is 129 cm³/mol. The zero-order valence-electron chi connectivity index (χ0n) is 21.3. The molecule has 0 spiro atoms. The first kappa shape index (κ1) is 29.5. The van der Waals surface area contributed by atoms with E-state index in [1.165, 1.54) is 13.3 Å². The van der Waals surface area contributed by atoms with E-state index in [1.807, 2.05) is 0 Å². The Morgan fingerprint density at radius 1 is 1.28 bits per heavy atom. The van der Waals surface area contributed by atoms with Gasteiger partial charge in [0.2, 0.25) is 5.60 Å². The number of nitrogens with zero attached hydrogens (tertiary/aromatic N) is 5. The van der Waals surface area contributed by atoms with Gasteiger partial charge in [-0.05, 0) is 34.6 Å². The third-order valence-electron chi connectivity index (χ3n) is 4.82. The van der Waals surface area contributed by atoms with Gasteiger partial charge in [-0.2, -0.15) is 5.43 Å². The molecule has 0 saturated heterocycles. The molecule has 200 valence electrons. The van der Waals surface area contributed by atoms with Crippen molar-refractivity contribution in [3.63, 3.8) is 0 Å². The second kappa shape index (κ2) is 13.5. The van der Waals surface area contributed by atoms with Gasteiger partial charge in [-0.1, -0.05) is 6.92 Å². The lowest BCUT2D eigenvalue weighted by molar-refractivity contribution is -0.199. The number of esters is 2. The van der Waals surface area contributed by atoms with E-state index in [1.54, 1.807) is 45.5 Å². The van der Waals surface area contributed by atoms with E-state index in [2.05, 4.69) is 25.2 Å². The Kier molecular flexibility index (Phi) is 11.1. The van der Waals surface area contributed by atoms with Crippen LogP contribution in [0.3, 0.4) is 0 Å². The Bertz CT molecular complexity index is 1060. The van der Waals surface area contributed by atoms with E-state index < -0.39 is 37.7 Å². The van der Waals surface area contributed by atoms with Crippen LogP contribution in [0.4, 0.5) is 5.82 Å². The van der Waals surface area contributed by atoms with Crippen molar-refractivity contribution in [1.29, 1.82) is 0 Å². The highest BCUT2D eigenvalue weighted by molar-refractivity contribution is 7.33. The number of hydrogen-bond acceptors (Lipinski definition) is 12. The molecule has 2 aromatic heterocycles. The molecular weight excluding hydrogens is 493 g/mol. The monoisotopic (exact) mass is 527 g/mol. The van der Waals surface area contributed by atoms with E-state index >= 15 is 0 Å². The van der Waals surface area contributed by atoms with E-state index in [0.717, 1.165) is 0 Å². The number of ether oxygens (including phenoxy) is 3. The first-order valence-electron chi connectivity index (χ1n) is 11.5. The molecule has 15 heteroatoms. The lowest BCUT2D eigenvalue weighted by Crippen LogP contribution is -2.44. The molecule has 0 aliphatic heterocycles. The summed E-state index contributed by atoms with van der Waals surface area (Å²) < 4.78 is 23.2. The fraction of sp³-hybridized carbons (Fsp3) is 0.667. The van der Waals surface area contributed by atoms with Gasteiger partial charge in [0.1, 0.15) is 11.8 Å². The predicted octanol–water partition coefficient (Wildman–Crippen LogP) is 1.10. The molecule has 0 saturated carbocycles. The number of imidazole rings is 1. The van der Waals surface area contributed by atoms with Gasteiger partial charge in [0.05, 0.1) is 44.2 Å². The molecule has 0 bridgehead atoms. The fourth-order valence-electron chi connectivity index (χ4n) is 2.93. The minimum atomic E-state index is -2.69. The Hall–Kier alpha value is -2.77. The Morgan fingerprint density at radius 2 is 2.00 bits per heavy atom. The molecule has 0 aliphatic carbocycles. The zero-order valence-corrected chi connectivity index (χ0v) is 22.2. The topological polar surface area (TPSA) is 188 Å². The fourth-order valence-corrected chi connectivity index (χ4v) is 3.64. The van der Waals surface area contributed by atoms with Crippen molar-refractivity contribution < 1.29 is 33.2 Å². The summed E-state index contributed by atoms with van der Waals surface area (Å²) in [5.41, 5.74) is 7.67. The quantitative estimate of drug-likeness (QED) is 0.202. The molecule has 2 unspecified atom stereocenters. The number of carbonyl (C=O) groups is 2. The number of aromatic nitrogens is 4. The smallest absolute Gasteiger partial charge is 0.361 e. The third-order valence-corrected chi connectivity index (χ3v) is 5.68. The Balaban J connectivity index is 1.99. The molecule has 4 atom stereocenters. The van der Waals surface area contributed by atoms with Crippen molar-refractivity contribution in [3.8, 4) is 0 Å². The highest BCUT2D eigenvalue weighted by Gasteiger charge is 2.42. The van der Waals surface area contributed by atoms with Crippen molar-refractivity contribution in [3.05, 3.63) is 12.7 Å². The van der Waals surface area contributed by atoms with Crippen LogP contribution in [-0.2, 0) is 34.9 Å². The lowest BCUT2D eigenvalue weighted by atomic mass is 10.1. The summed E-state index contributed by atoms with van der Waals surface area (Å²) in [6, 6.07) is 0. The van der Waals surface area contributed by atoms with Gasteiger partial charge in [0, 0.05) is 11.4 Å². The normalized spacial score (nSPS) is 15.5. The van der Waals surface area contributed by atoms with Crippen LogP contribution >= 0.6 is 8.17 Å². The van der Waals surface area contributed by atoms with Crippen LogP contribution in [0.2, 0.25) is 0 Å². The molecule has 3 N–H and O–H groups in total. The van der Waals surface area contributed by atoms with Crippen LogP contribution < -0.4 is 16.1 Å². The van der Waals surface area contributed by atoms with Gasteiger partial charge >= 0.3 is 20.1 Å². The first-order chi connectivity index (χ1) is 17.0. The summed E-state index contributed by atoms with van der Waals surface area (Å²) in [7, 11) is -2.69. The highest BCUT2D eigenvalue weighted by atomic mass is 31.1. The molecule has 0 aliphatic rings. The number of nitrogens with one attached hydrogen (secondary N) is 1. The molecule has 0 aromatic carbocycles. The maximum Gasteiger partial charge on any atom is 0.361 e. The van der Waals surface area contributed by atoms with Crippen molar-refractivity contribution in [2.24, 2.45) is 10.8 Å². The number of carbonyl (C=O) groups excluding carboxylic acids is 2. The van der Waals surface area contributed by atoms with Gasteiger partial charge in [0.15, 0.2) is 11.5 Å². The highest BCUT2D eigenvalue weighted by Crippen LogP contribution is 2.28. The number of nitrogen functional groups attached to an aromatic ring is 1. The van der Waals surface area contributed by atoms with Gasteiger partial charge in [-0.15, -0.1) is 4.52 Å². The molecule has 2 aromatic rings. The first-order valence-corrected chi connectivity index (χ1v) is 12.6. The van der Waals surface area contributed by atoms with Crippen LogP contribution in [-0.4, -0.2) is 69.0 Å². The summed E-state index contributed by atoms with van der Waals surface area (Å²) in [5.74, 6) is -1.43. The Morgan fingerprint density at radius 3 is 2.67 bits per heavy atom. The van der Waals surface area contributed by atoms with Gasteiger partial charge in [0.25, 0.3) is 0 Å². The summed E-state index contributed by atoms with van der Waals surface area (Å²) in [5, 5.41) is 0. The minimum absolute atomic E-state index is 0.0760. The van der Waals surface area contributed by atoms with Gasteiger partial charge in [-0.3, -0.25) is 4.79 Å². The van der Waals surface area contributed by atoms with E-state index in [4.69, 9.17) is 24.5 Å². The van der Waals surface area contributed by atoms with Crippen LogP contribution in [0.1, 0.15) is 41.5 Å². The van der Waals surface area contributed by atoms with Gasteiger partial charge < -0.3 is 29.4 Å². The molecule has 0 amide bonds. The molecular formula is C21H34N7O7P. The molecule has 2 rings (SSSR count). The summed E-state index contributed by atoms with van der Waals surface area (Å²) in [6.07, 6.45) is 2.24. The van der Waals surface area contributed by atoms with Crippen LogP contribution in [0.25, 0.3) is 11.2 Å². The molecule has 36 heavy (non-hydrogen) atoms. The van der Waals surface area contributed by atoms with Crippen LogP contribution in [0.5, 0.6) is 0 Å². The molecule has 0 fully saturated rings. The maximum atomic E-state index is 12.6. The van der Waals surface area contributed by atoms with Crippen molar-refractivity contribution in [1.82, 2.24) is 24.9 Å². The average Bonchev–Trinajstić information content (AvgIpc) is 3.21. The second-order valence-electron chi connectivity index (χ2n) is 8.58. The average molecular weight is 528 g/mol. The number of rotatable bonds is 14. The van der Waals surface area contributed by atoms with Crippen molar-refractivity contribution in [2.45, 2.75) is 65.9 Å². The summed E-state index contributed by atoms with van der Waals surface area (Å²) in [6.45, 7) is 10.2. The summed E-state index contributed by atoms with van der Waals surface area (Å²) in [4.78, 5) is 52.9. The number of hydrogen-bond donors (Lipinski definition) is 2. The van der Waals surface area contributed by atoms with Gasteiger partial charge in [-0.25, -0.2) is 19.7 Å². The largest absolute Gasteiger partial charge is 0.582 e. The Labute approximate surface area is 210 Å². The van der Waals surface area contributed by atoms with E-state index in [9.17, 15) is 14.5 Å². The second-order valence-corrected chi connectivity index (χ2v) is 9.44. The number of anilines is 1. The number of nitrogens with two attached hydrogens (primary N) is 1. The maximum absolute atomic E-state index is 12.6. The third kappa shape index (κ3) is 8.42. The summed E-state index contributed by atoms with van der Waals surface area (Å²) >= 11 is 0. The zero-order chi connectivity index (χ0) is 26.9. The minimum Gasteiger partial charge on any atom is -0.582 e. The van der Waals surface area contributed by atoms with E-state index in [-0.39, 0.29) is 31.7 Å². The van der Waals surface area contributed by atoms with Crippen molar-refractivity contribution in [2.75, 3.05) is 25.5 Å². The standard InChI is InChI=1S/C21H34N7O7P/c1-7-32-20(30)21(6,35-36(31)27-26-8-14(4)19(29)34-13(2)3)10-33-15(5)9-28-12-25-16-17(22)23-11-24-18(16)28/h11-15,26H,7-10H2,1-6H3,(H2,22,23,24)/t14?,15-,21+/m1/s1. The lowest BCUT2D eigenvalue weighted by Gasteiger charge is -2.25. The van der Waals surface area contributed by atoms with Crippen LogP contribution in [0, 0.1) is 5.92 Å². The SMILES string of the molecule is CCOC(=O)[C@](C)(CO[C@H](C)Cn1cnc2c(N)ncnc21)O/[P+]([O-])=N/NCC(C)C(=O)OC(C)C. The number of fused-ring (bicyclic) bond motifs is 1. The van der Waals surface area contributed by atoms with E-state index in [0.29, 0.717) is 17.7 Å². The molecule has 2 heterocycles.